The number of amides is 3. The van der Waals surface area contributed by atoms with Crippen LogP contribution in [-0.4, -0.2) is 144 Å². The van der Waals surface area contributed by atoms with Gasteiger partial charge < -0.3 is 30.2 Å². The van der Waals surface area contributed by atoms with E-state index in [1.54, 1.807) is 41.5 Å². The Hall–Kier alpha value is -11.8. The van der Waals surface area contributed by atoms with Crippen molar-refractivity contribution in [3.63, 3.8) is 0 Å². The Morgan fingerprint density at radius 2 is 0.773 bits per heavy atom. The van der Waals surface area contributed by atoms with E-state index in [9.17, 15) is 112 Å². The van der Waals surface area contributed by atoms with Crippen LogP contribution in [0.5, 0.6) is 17.6 Å². The molecule has 7 N–H and O–H groups in total. The zero-order valence-corrected chi connectivity index (χ0v) is 58.6. The minimum Gasteiger partial charge on any atom is -0.464 e. The van der Waals surface area contributed by atoms with Crippen molar-refractivity contribution in [3.8, 4) is 35.1 Å². The number of rotatable bonds is 17. The Bertz CT molecular complexity index is 5110. The van der Waals surface area contributed by atoms with Gasteiger partial charge in [0.2, 0.25) is 17.6 Å². The van der Waals surface area contributed by atoms with Gasteiger partial charge in [0.05, 0.1) is 34.1 Å². The van der Waals surface area contributed by atoms with E-state index in [4.69, 9.17) is 14.2 Å². The van der Waals surface area contributed by atoms with Crippen LogP contribution in [-0.2, 0) is 44.5 Å². The van der Waals surface area contributed by atoms with E-state index in [2.05, 4.69) is 50.5 Å². The van der Waals surface area contributed by atoms with Crippen molar-refractivity contribution in [1.82, 2.24) is 89.0 Å². The number of pyridine rings is 3. The number of ether oxygens (including phenoxy) is 3. The molecular weight excluding hydrogens is 1550 g/mol. The van der Waals surface area contributed by atoms with Crippen molar-refractivity contribution in [3.05, 3.63) is 135 Å². The van der Waals surface area contributed by atoms with E-state index in [-0.39, 0.29) is 46.9 Å². The summed E-state index contributed by atoms with van der Waals surface area (Å²) in [6.45, 7) is 15.2. The van der Waals surface area contributed by atoms with Crippen LogP contribution in [0, 0.1) is 38.2 Å². The lowest BCUT2D eigenvalue weighted by Gasteiger charge is -2.19. The number of aromatic amines is 4. The molecular formula is C59H58F21N21O9. The maximum atomic E-state index is 15.2. The minimum absolute atomic E-state index is 0.0965. The molecule has 0 saturated carbocycles. The van der Waals surface area contributed by atoms with Crippen molar-refractivity contribution < 1.29 is 121 Å². The number of hydrogen-bond acceptors (Lipinski definition) is 18. The van der Waals surface area contributed by atoms with Crippen LogP contribution in [0.4, 0.5) is 109 Å². The molecule has 110 heavy (non-hydrogen) atoms. The highest BCUT2D eigenvalue weighted by molar-refractivity contribution is 6.08. The highest BCUT2D eigenvalue weighted by Crippen LogP contribution is 2.40. The Morgan fingerprint density at radius 3 is 1.03 bits per heavy atom. The van der Waals surface area contributed by atoms with Gasteiger partial charge in [-0.25, -0.2) is 27.6 Å². The number of nitrogens with zero attached hydrogens (tertiary/aromatic N) is 14. The molecule has 0 aromatic carbocycles. The van der Waals surface area contributed by atoms with Gasteiger partial charge in [-0.05, 0) is 59.7 Å². The second-order valence-electron chi connectivity index (χ2n) is 24.7. The largest absolute Gasteiger partial charge is 0.464 e. The summed E-state index contributed by atoms with van der Waals surface area (Å²) < 4.78 is 300. The predicted octanol–water partition coefficient (Wildman–Crippen LogP) is 11.2. The van der Waals surface area contributed by atoms with Gasteiger partial charge >= 0.3 is 54.1 Å². The van der Waals surface area contributed by atoms with E-state index in [0.29, 0.717) is 53.0 Å². The molecule has 9 aromatic heterocycles. The minimum atomic E-state index is -5.00. The lowest BCUT2D eigenvalue weighted by atomic mass is 9.96. The Morgan fingerprint density at radius 1 is 0.473 bits per heavy atom. The fourth-order valence-corrected chi connectivity index (χ4v) is 9.19. The fourth-order valence-electron chi connectivity index (χ4n) is 9.19. The molecule has 0 radical (unpaired) electrons. The summed E-state index contributed by atoms with van der Waals surface area (Å²) in [5, 5.41) is 32.5. The van der Waals surface area contributed by atoms with Crippen LogP contribution >= 0.6 is 0 Å². The Labute approximate surface area is 600 Å². The Kier molecular flexibility index (Phi) is 24.2. The molecule has 30 nitrogen and oxygen atoms in total. The van der Waals surface area contributed by atoms with Gasteiger partial charge in [0.15, 0.2) is 70.3 Å². The zero-order valence-electron chi connectivity index (χ0n) is 58.6. The second-order valence-corrected chi connectivity index (χ2v) is 24.7. The van der Waals surface area contributed by atoms with Crippen LogP contribution < -0.4 is 47.2 Å². The molecule has 3 atom stereocenters. The van der Waals surface area contributed by atoms with Gasteiger partial charge in [0, 0.05) is 31.8 Å². The fraction of sp³-hybridized carbons (Fsp3) is 0.441. The monoisotopic (exact) mass is 1600 g/mol. The normalized spacial score (nSPS) is 13.3. The van der Waals surface area contributed by atoms with Gasteiger partial charge in [0.25, 0.3) is 17.7 Å². The lowest BCUT2D eigenvalue weighted by molar-refractivity contribution is -0.190. The SMILES string of the molecule is CCc1nn(-c2nc(O[C@@H](C)C(F)(F)F)c(C(=O)Nc3c(C(F)(F)F)n[nH]c3C)cc2F)c(=O)[nH]1.Cc1[nH]nc(C(F)(F)F)c1NC(=O)c1cc(F)c(-n2nc(C(C)(C)C)n(C)c2=O)nc1O[C@@H](C)C(F)(F)F.Cc1[nH]nc(C(F)(F)F)c1NC(=O)c1cc(F)c(-n2nc(C(C)C)n(C)c2=O)nc1O[C@@H](C)C(F)(F)F. The van der Waals surface area contributed by atoms with Crippen LogP contribution in [0.15, 0.2) is 32.6 Å². The quantitative estimate of drug-likeness (QED) is 0.0416. The highest BCUT2D eigenvalue weighted by Gasteiger charge is 2.45. The summed E-state index contributed by atoms with van der Waals surface area (Å²) in [4.78, 5) is 88.8. The molecule has 0 bridgehead atoms. The summed E-state index contributed by atoms with van der Waals surface area (Å²) in [5.41, 5.74) is -14.2. The second kappa shape index (κ2) is 31.1. The average molecular weight is 1600 g/mol. The van der Waals surface area contributed by atoms with E-state index >= 15 is 8.78 Å². The molecule has 3 amide bonds. The van der Waals surface area contributed by atoms with Gasteiger partial charge in [-0.2, -0.15) is 123 Å². The number of halogens is 21. The maximum Gasteiger partial charge on any atom is 0.437 e. The summed E-state index contributed by atoms with van der Waals surface area (Å²) in [6, 6.07) is 1.14. The molecule has 0 aliphatic carbocycles. The molecule has 600 valence electrons. The first-order valence-electron chi connectivity index (χ1n) is 30.9. The van der Waals surface area contributed by atoms with Crippen molar-refractivity contribution in [2.75, 3.05) is 16.0 Å². The molecule has 0 unspecified atom stereocenters. The van der Waals surface area contributed by atoms with E-state index in [0.717, 1.165) is 29.9 Å². The van der Waals surface area contributed by atoms with Gasteiger partial charge in [-0.1, -0.05) is 41.5 Å². The number of alkyl halides is 18. The van der Waals surface area contributed by atoms with Gasteiger partial charge in [-0.15, -0.1) is 15.3 Å². The number of carbonyl (C=O) groups is 3. The molecule has 9 aromatic rings. The van der Waals surface area contributed by atoms with Gasteiger partial charge in [-0.3, -0.25) is 43.8 Å². The third kappa shape index (κ3) is 18.8. The highest BCUT2D eigenvalue weighted by atomic mass is 19.4. The standard InChI is InChI=1S/C21H22F7N7O3.C20H20F7N7O3.C18H16F7N7O3/c1-8-12(13(32-31-8)21(26,27)28)29-15(36)10-7-11(22)14(30-16(10)38-9(2)20(23,24)25)35-18(37)34(6)17(33-35)19(3,4)5;1-7(2)14-32-34(18(36)33(14)5)15-11(21)6-10(17(29-15)37-9(4)19(22,23)24)16(35)28-12-8(3)30-31-13(12)20(25,26)27;1-4-10-26-16(34)32(31-10)13-9(19)5-8(15(28-13)35-7(3)17(20,21)22)14(33)27-11-6(2)29-30-12(11)18(23,24)25/h7,9H,1-6H3,(H,29,36)(H,31,32);6-7,9H,1-5H3,(H,28,35)(H,30,31);5,7H,4H2,1-3H3,(H,27,33)(H,29,30)(H,26,31,34)/t2*9-;7-/m000/s1. The summed E-state index contributed by atoms with van der Waals surface area (Å²) in [5.74, 6) is -14.4. The first-order chi connectivity index (χ1) is 50.3. The number of H-pyrrole nitrogens is 4. The molecule has 9 heterocycles. The molecule has 0 fully saturated rings. The number of aryl methyl sites for hydroxylation is 4. The van der Waals surface area contributed by atoms with Crippen molar-refractivity contribution in [2.45, 2.75) is 156 Å². The zero-order chi connectivity index (χ0) is 83.3. The van der Waals surface area contributed by atoms with Crippen molar-refractivity contribution in [1.29, 1.82) is 0 Å². The van der Waals surface area contributed by atoms with Crippen LogP contribution in [0.25, 0.3) is 17.5 Å². The molecule has 51 heteroatoms. The third-order valence-corrected chi connectivity index (χ3v) is 14.9. The molecule has 0 saturated heterocycles. The van der Waals surface area contributed by atoms with Crippen LogP contribution in [0.3, 0.4) is 0 Å². The van der Waals surface area contributed by atoms with E-state index < -0.39 is 199 Å². The lowest BCUT2D eigenvalue weighted by Crippen LogP contribution is -2.33. The molecule has 0 aliphatic rings. The maximum absolute atomic E-state index is 15.2. The Balaban J connectivity index is 0.000000230. The average Bonchev–Trinajstić information content (AvgIpc) is 1.64. The van der Waals surface area contributed by atoms with Crippen molar-refractivity contribution in [2.24, 2.45) is 14.1 Å². The number of anilines is 3. The molecule has 0 aliphatic heterocycles. The van der Waals surface area contributed by atoms with Crippen LogP contribution in [0.2, 0.25) is 0 Å². The van der Waals surface area contributed by atoms with E-state index in [1.807, 2.05) is 31.2 Å². The first-order valence-corrected chi connectivity index (χ1v) is 30.9. The molecule has 0 spiro atoms. The molecule has 9 rings (SSSR count). The predicted molar refractivity (Wildman–Crippen MR) is 334 cm³/mol. The third-order valence-electron chi connectivity index (χ3n) is 14.9. The topological polar surface area (TPSA) is 370 Å². The van der Waals surface area contributed by atoms with E-state index in [1.165, 1.54) is 14.1 Å². The summed E-state index contributed by atoms with van der Waals surface area (Å²) in [6.07, 6.45) is -37.4. The number of hydrogen-bond donors (Lipinski definition) is 7. The summed E-state index contributed by atoms with van der Waals surface area (Å²) >= 11 is 0. The van der Waals surface area contributed by atoms with Crippen molar-refractivity contribution >= 4 is 34.8 Å². The number of nitrogens with one attached hydrogen (secondary N) is 7. The number of carbonyl (C=O) groups excluding carboxylic acids is 3. The van der Waals surface area contributed by atoms with Crippen LogP contribution in [0.1, 0.15) is 151 Å². The summed E-state index contributed by atoms with van der Waals surface area (Å²) in [7, 11) is 2.66. The smallest absolute Gasteiger partial charge is 0.437 e. The number of aromatic nitrogens is 18. The first kappa shape index (κ1) is 85.5. The van der Waals surface area contributed by atoms with Gasteiger partial charge in [0.1, 0.15) is 34.2 Å².